The van der Waals surface area contributed by atoms with Crippen LogP contribution in [0.15, 0.2) is 30.6 Å². The summed E-state index contributed by atoms with van der Waals surface area (Å²) in [7, 11) is 3.49. The quantitative estimate of drug-likeness (QED) is 0.813. The van der Waals surface area contributed by atoms with Crippen molar-refractivity contribution >= 4 is 0 Å². The Bertz CT molecular complexity index is 568. The molecule has 0 fully saturated rings. The molecule has 0 saturated heterocycles. The van der Waals surface area contributed by atoms with Crippen LogP contribution >= 0.6 is 0 Å². The van der Waals surface area contributed by atoms with Gasteiger partial charge in [0.25, 0.3) is 0 Å². The Morgan fingerprint density at radius 2 is 2.15 bits per heavy atom. The van der Waals surface area contributed by atoms with Crippen molar-refractivity contribution in [3.8, 4) is 5.75 Å². The molecule has 0 aliphatic rings. The molecule has 20 heavy (non-hydrogen) atoms. The zero-order valence-corrected chi connectivity index (χ0v) is 12.1. The summed E-state index contributed by atoms with van der Waals surface area (Å²) in [4.78, 5) is 6.49. The van der Waals surface area contributed by atoms with Crippen molar-refractivity contribution < 1.29 is 9.13 Å². The van der Waals surface area contributed by atoms with E-state index in [1.807, 2.05) is 19.4 Å². The monoisotopic (exact) mass is 277 g/mol. The van der Waals surface area contributed by atoms with Crippen molar-refractivity contribution in [2.24, 2.45) is 0 Å². The molecule has 0 spiro atoms. The average Bonchev–Trinajstić information content (AvgIpc) is 2.88. The second kappa shape index (κ2) is 6.52. The van der Waals surface area contributed by atoms with Crippen molar-refractivity contribution in [3.63, 3.8) is 0 Å². The predicted octanol–water partition coefficient (Wildman–Crippen LogP) is 2.68. The molecule has 1 heterocycles. The fourth-order valence-electron chi connectivity index (χ4n) is 2.19. The molecule has 0 atom stereocenters. The van der Waals surface area contributed by atoms with Gasteiger partial charge in [0.15, 0.2) is 11.6 Å². The number of hydrogen-bond acceptors (Lipinski definition) is 3. The van der Waals surface area contributed by atoms with Crippen LogP contribution in [-0.4, -0.2) is 28.6 Å². The van der Waals surface area contributed by atoms with Crippen LogP contribution in [0.25, 0.3) is 0 Å². The molecule has 1 aromatic carbocycles. The van der Waals surface area contributed by atoms with Gasteiger partial charge in [0, 0.05) is 25.5 Å². The van der Waals surface area contributed by atoms with Gasteiger partial charge in [-0.15, -0.1) is 0 Å². The van der Waals surface area contributed by atoms with E-state index in [2.05, 4.69) is 21.4 Å². The van der Waals surface area contributed by atoms with Gasteiger partial charge in [0.1, 0.15) is 5.82 Å². The van der Waals surface area contributed by atoms with Crippen LogP contribution in [0.5, 0.6) is 5.75 Å². The maximum Gasteiger partial charge on any atom is 0.165 e. The molecule has 0 aliphatic heterocycles. The van der Waals surface area contributed by atoms with Crippen LogP contribution in [0.1, 0.15) is 18.3 Å². The lowest BCUT2D eigenvalue weighted by Crippen LogP contribution is -2.20. The van der Waals surface area contributed by atoms with Gasteiger partial charge in [-0.05, 0) is 31.7 Å². The Morgan fingerprint density at radius 3 is 2.85 bits per heavy atom. The number of rotatable bonds is 6. The number of aryl methyl sites for hydroxylation is 1. The molecule has 0 N–H and O–H groups in total. The third kappa shape index (κ3) is 3.36. The number of nitrogens with zero attached hydrogens (tertiary/aromatic N) is 3. The zero-order chi connectivity index (χ0) is 14.5. The standard InChI is InChI=1S/C15H20FN3O/c1-4-19-8-7-17-15(19)11-18(2)10-12-5-6-13(16)14(9-12)20-3/h5-9H,4,10-11H2,1-3H3. The van der Waals surface area contributed by atoms with E-state index < -0.39 is 0 Å². The largest absolute Gasteiger partial charge is 0.494 e. The molecule has 0 unspecified atom stereocenters. The first-order valence-corrected chi connectivity index (χ1v) is 6.65. The summed E-state index contributed by atoms with van der Waals surface area (Å²) in [6.07, 6.45) is 3.79. The van der Waals surface area contributed by atoms with E-state index in [1.165, 1.54) is 13.2 Å². The fraction of sp³-hybridized carbons (Fsp3) is 0.400. The fourth-order valence-corrected chi connectivity index (χ4v) is 2.19. The van der Waals surface area contributed by atoms with E-state index in [9.17, 15) is 4.39 Å². The number of halogens is 1. The normalized spacial score (nSPS) is 11.1. The minimum atomic E-state index is -0.333. The van der Waals surface area contributed by atoms with Gasteiger partial charge in [-0.2, -0.15) is 0 Å². The molecule has 5 heteroatoms. The van der Waals surface area contributed by atoms with Gasteiger partial charge in [-0.1, -0.05) is 6.07 Å². The molecule has 0 saturated carbocycles. The highest BCUT2D eigenvalue weighted by Gasteiger charge is 2.08. The SMILES string of the molecule is CCn1ccnc1CN(C)Cc1ccc(F)c(OC)c1. The summed E-state index contributed by atoms with van der Waals surface area (Å²) in [5.74, 6) is 0.982. The summed E-state index contributed by atoms with van der Waals surface area (Å²) in [5, 5.41) is 0. The maximum atomic E-state index is 13.4. The number of methoxy groups -OCH3 is 1. The van der Waals surface area contributed by atoms with Crippen LogP contribution in [0.3, 0.4) is 0 Å². The van der Waals surface area contributed by atoms with E-state index in [4.69, 9.17) is 4.74 Å². The lowest BCUT2D eigenvalue weighted by molar-refractivity contribution is 0.304. The Hall–Kier alpha value is -1.88. The van der Waals surface area contributed by atoms with Crippen LogP contribution in [0, 0.1) is 5.82 Å². The van der Waals surface area contributed by atoms with E-state index in [1.54, 1.807) is 12.1 Å². The van der Waals surface area contributed by atoms with Gasteiger partial charge in [0.05, 0.1) is 13.7 Å². The second-order valence-electron chi connectivity index (χ2n) is 4.77. The predicted molar refractivity (Wildman–Crippen MR) is 76.0 cm³/mol. The van der Waals surface area contributed by atoms with Crippen molar-refractivity contribution in [2.75, 3.05) is 14.2 Å². The minimum absolute atomic E-state index is 0.283. The Labute approximate surface area is 118 Å². The number of aromatic nitrogens is 2. The van der Waals surface area contributed by atoms with Gasteiger partial charge in [-0.25, -0.2) is 9.37 Å². The molecule has 1 aromatic heterocycles. The maximum absolute atomic E-state index is 13.4. The molecule has 0 bridgehead atoms. The van der Waals surface area contributed by atoms with Crippen LogP contribution in [0.4, 0.5) is 4.39 Å². The Morgan fingerprint density at radius 1 is 1.35 bits per heavy atom. The summed E-state index contributed by atoms with van der Waals surface area (Å²) in [5.41, 5.74) is 1.01. The van der Waals surface area contributed by atoms with Crippen molar-refractivity contribution in [1.29, 1.82) is 0 Å². The minimum Gasteiger partial charge on any atom is -0.494 e. The molecule has 2 rings (SSSR count). The molecule has 4 nitrogen and oxygen atoms in total. The van der Waals surface area contributed by atoms with Crippen molar-refractivity contribution in [3.05, 3.63) is 47.8 Å². The first-order valence-electron chi connectivity index (χ1n) is 6.65. The molecule has 2 aromatic rings. The number of hydrogen-bond donors (Lipinski definition) is 0. The number of ether oxygens (including phenoxy) is 1. The first kappa shape index (κ1) is 14.5. The molecule has 108 valence electrons. The highest BCUT2D eigenvalue weighted by Crippen LogP contribution is 2.19. The first-order chi connectivity index (χ1) is 9.63. The van der Waals surface area contributed by atoms with Crippen molar-refractivity contribution in [2.45, 2.75) is 26.6 Å². The van der Waals surface area contributed by atoms with E-state index in [0.29, 0.717) is 6.54 Å². The highest BCUT2D eigenvalue weighted by molar-refractivity contribution is 5.30. The van der Waals surface area contributed by atoms with Gasteiger partial charge in [-0.3, -0.25) is 4.90 Å². The summed E-state index contributed by atoms with van der Waals surface area (Å²) < 4.78 is 20.5. The summed E-state index contributed by atoms with van der Waals surface area (Å²) in [6, 6.07) is 4.95. The Balaban J connectivity index is 2.02. The lowest BCUT2D eigenvalue weighted by Gasteiger charge is -2.17. The Kier molecular flexibility index (Phi) is 4.74. The molecule has 0 radical (unpaired) electrons. The highest BCUT2D eigenvalue weighted by atomic mass is 19.1. The summed E-state index contributed by atoms with van der Waals surface area (Å²) >= 11 is 0. The molecule has 0 aliphatic carbocycles. The number of benzene rings is 1. The topological polar surface area (TPSA) is 30.3 Å². The smallest absolute Gasteiger partial charge is 0.165 e. The average molecular weight is 277 g/mol. The van der Waals surface area contributed by atoms with Crippen molar-refractivity contribution in [1.82, 2.24) is 14.5 Å². The zero-order valence-electron chi connectivity index (χ0n) is 12.1. The van der Waals surface area contributed by atoms with Gasteiger partial charge >= 0.3 is 0 Å². The van der Waals surface area contributed by atoms with Crippen LogP contribution in [-0.2, 0) is 19.6 Å². The van der Waals surface area contributed by atoms with Gasteiger partial charge in [0.2, 0.25) is 0 Å². The third-order valence-electron chi connectivity index (χ3n) is 3.22. The third-order valence-corrected chi connectivity index (χ3v) is 3.22. The second-order valence-corrected chi connectivity index (χ2v) is 4.77. The van der Waals surface area contributed by atoms with E-state index in [0.717, 1.165) is 24.5 Å². The van der Waals surface area contributed by atoms with Crippen LogP contribution < -0.4 is 4.74 Å². The molecular formula is C15H20FN3O. The number of imidazole rings is 1. The lowest BCUT2D eigenvalue weighted by atomic mass is 10.2. The van der Waals surface area contributed by atoms with Gasteiger partial charge < -0.3 is 9.30 Å². The van der Waals surface area contributed by atoms with E-state index in [-0.39, 0.29) is 11.6 Å². The van der Waals surface area contributed by atoms with E-state index >= 15 is 0 Å². The van der Waals surface area contributed by atoms with Crippen LogP contribution in [0.2, 0.25) is 0 Å². The molecular weight excluding hydrogens is 257 g/mol. The molecule has 0 amide bonds. The summed E-state index contributed by atoms with van der Waals surface area (Å²) in [6.45, 7) is 4.47.